The number of thioether (sulfide) groups is 1. The Balaban J connectivity index is 1.48. The third-order valence-electron chi connectivity index (χ3n) is 5.45. The van der Waals surface area contributed by atoms with Crippen molar-refractivity contribution in [1.29, 1.82) is 0 Å². The monoisotopic (exact) mass is 335 g/mol. The molecule has 2 N–H and O–H groups in total. The maximum Gasteiger partial charge on any atom is 0.411 e. The van der Waals surface area contributed by atoms with Crippen LogP contribution in [0.1, 0.15) is 26.2 Å². The maximum absolute atomic E-state index is 12.0. The minimum absolute atomic E-state index is 0.336. The van der Waals surface area contributed by atoms with Crippen LogP contribution in [0.5, 0.6) is 0 Å². The van der Waals surface area contributed by atoms with Gasteiger partial charge in [-0.1, -0.05) is 13.0 Å². The van der Waals surface area contributed by atoms with E-state index in [0.717, 1.165) is 22.4 Å². The molecule has 2 bridgehead atoms. The minimum atomic E-state index is -0.336. The highest BCUT2D eigenvalue weighted by Gasteiger charge is 2.43. The molecule has 1 unspecified atom stereocenters. The number of piperidine rings is 3. The number of anilines is 1. The van der Waals surface area contributed by atoms with Gasteiger partial charge in [0.1, 0.15) is 12.6 Å². The van der Waals surface area contributed by atoms with E-state index in [2.05, 4.69) is 12.2 Å². The molecule has 23 heavy (non-hydrogen) atoms. The lowest BCUT2D eigenvalue weighted by Gasteiger charge is -2.46. The highest BCUT2D eigenvalue weighted by atomic mass is 32.2. The maximum atomic E-state index is 12.0. The topological polar surface area (TPSA) is 42.8 Å². The molecular weight excluding hydrogens is 308 g/mol. The van der Waals surface area contributed by atoms with Gasteiger partial charge in [0, 0.05) is 29.3 Å². The molecule has 0 radical (unpaired) electrons. The van der Waals surface area contributed by atoms with Crippen LogP contribution >= 0.6 is 11.8 Å². The second-order valence-corrected chi connectivity index (χ2v) is 7.60. The quantitative estimate of drug-likeness (QED) is 0.813. The van der Waals surface area contributed by atoms with Crippen molar-refractivity contribution in [2.45, 2.75) is 37.1 Å². The van der Waals surface area contributed by atoms with Gasteiger partial charge in [-0.2, -0.15) is 0 Å². The van der Waals surface area contributed by atoms with Crippen molar-refractivity contribution in [2.75, 3.05) is 31.3 Å². The van der Waals surface area contributed by atoms with Crippen LogP contribution in [0.15, 0.2) is 29.2 Å². The summed E-state index contributed by atoms with van der Waals surface area (Å²) in [4.78, 5) is 14.8. The number of carbonyl (C=O) groups is 1. The van der Waals surface area contributed by atoms with E-state index in [1.807, 2.05) is 30.5 Å². The third kappa shape index (κ3) is 4.01. The molecule has 0 aromatic heterocycles. The summed E-state index contributed by atoms with van der Waals surface area (Å²) in [6.45, 7) is 5.34. The summed E-state index contributed by atoms with van der Waals surface area (Å²) < 4.78 is 5.50. The lowest BCUT2D eigenvalue weighted by atomic mass is 9.75. The lowest BCUT2D eigenvalue weighted by Crippen LogP contribution is -3.20. The van der Waals surface area contributed by atoms with Gasteiger partial charge in [0.15, 0.2) is 0 Å². The predicted octanol–water partition coefficient (Wildman–Crippen LogP) is 2.66. The Hall–Kier alpha value is -1.20. The van der Waals surface area contributed by atoms with Crippen molar-refractivity contribution in [2.24, 2.45) is 11.8 Å². The van der Waals surface area contributed by atoms with Gasteiger partial charge in [0.05, 0.1) is 13.1 Å². The molecule has 3 heterocycles. The zero-order chi connectivity index (χ0) is 16.2. The summed E-state index contributed by atoms with van der Waals surface area (Å²) in [6, 6.07) is 8.32. The highest BCUT2D eigenvalue weighted by Crippen LogP contribution is 2.29. The van der Waals surface area contributed by atoms with Crippen LogP contribution in [0, 0.1) is 11.8 Å². The van der Waals surface area contributed by atoms with E-state index in [0.29, 0.717) is 12.6 Å². The fraction of sp³-hybridized carbons (Fsp3) is 0.611. The minimum Gasteiger partial charge on any atom is -0.443 e. The normalized spacial score (nSPS) is 29.3. The van der Waals surface area contributed by atoms with E-state index in [1.54, 1.807) is 16.7 Å². The van der Waals surface area contributed by atoms with Gasteiger partial charge in [-0.3, -0.25) is 5.32 Å². The van der Waals surface area contributed by atoms with Crippen LogP contribution in [0.3, 0.4) is 0 Å². The first-order valence-corrected chi connectivity index (χ1v) is 9.84. The van der Waals surface area contributed by atoms with E-state index < -0.39 is 0 Å². The van der Waals surface area contributed by atoms with E-state index in [9.17, 15) is 4.79 Å². The molecule has 3 saturated heterocycles. The Bertz CT molecular complexity index is 552. The van der Waals surface area contributed by atoms with Crippen molar-refractivity contribution >= 4 is 23.5 Å². The Morgan fingerprint density at radius 1 is 1.48 bits per heavy atom. The van der Waals surface area contributed by atoms with Crippen LogP contribution in [-0.2, 0) is 4.74 Å². The van der Waals surface area contributed by atoms with E-state index >= 15 is 0 Å². The average Bonchev–Trinajstić information content (AvgIpc) is 2.60. The van der Waals surface area contributed by atoms with Crippen LogP contribution in [0.4, 0.5) is 10.5 Å². The number of benzene rings is 1. The molecule has 1 aromatic carbocycles. The molecule has 3 fully saturated rings. The molecule has 1 amide bonds. The summed E-state index contributed by atoms with van der Waals surface area (Å²) in [7, 11) is 0. The van der Waals surface area contributed by atoms with Gasteiger partial charge < -0.3 is 9.64 Å². The molecule has 4 rings (SSSR count). The van der Waals surface area contributed by atoms with Crippen molar-refractivity contribution in [3.05, 3.63) is 24.3 Å². The molecule has 0 aliphatic carbocycles. The smallest absolute Gasteiger partial charge is 0.411 e. The molecule has 4 nitrogen and oxygen atoms in total. The molecule has 0 spiro atoms. The SMILES string of the molecule is CC[C@H]1C[NH+]2CC[C@H]1C[C@@H]2COC(=O)Nc1cccc(SC)c1. The molecule has 1 aromatic rings. The van der Waals surface area contributed by atoms with Gasteiger partial charge in [-0.25, -0.2) is 4.79 Å². The summed E-state index contributed by atoms with van der Waals surface area (Å²) in [6.07, 6.45) is 5.53. The number of fused-ring (bicyclic) bond motifs is 3. The van der Waals surface area contributed by atoms with Crippen LogP contribution < -0.4 is 10.2 Å². The molecule has 4 atom stereocenters. The first-order chi connectivity index (χ1) is 11.2. The molecular formula is C18H27N2O2S+. The van der Waals surface area contributed by atoms with Gasteiger partial charge in [-0.15, -0.1) is 11.8 Å². The lowest BCUT2D eigenvalue weighted by molar-refractivity contribution is -0.946. The molecule has 3 aliphatic heterocycles. The molecule has 5 heteroatoms. The average molecular weight is 335 g/mol. The van der Waals surface area contributed by atoms with Crippen LogP contribution in [0.2, 0.25) is 0 Å². The number of nitrogens with one attached hydrogen (secondary N) is 2. The van der Waals surface area contributed by atoms with Crippen LogP contribution in [-0.4, -0.2) is 38.1 Å². The van der Waals surface area contributed by atoms with E-state index in [1.165, 1.54) is 32.4 Å². The van der Waals surface area contributed by atoms with Crippen molar-refractivity contribution in [1.82, 2.24) is 0 Å². The Labute approximate surface area is 143 Å². The number of hydrogen-bond acceptors (Lipinski definition) is 3. The fourth-order valence-corrected chi connectivity index (χ4v) is 4.58. The van der Waals surface area contributed by atoms with Crippen molar-refractivity contribution in [3.8, 4) is 0 Å². The predicted molar refractivity (Wildman–Crippen MR) is 94.2 cm³/mol. The summed E-state index contributed by atoms with van der Waals surface area (Å²) in [5.41, 5.74) is 0.797. The van der Waals surface area contributed by atoms with Crippen LogP contribution in [0.25, 0.3) is 0 Å². The second-order valence-electron chi connectivity index (χ2n) is 6.72. The number of carbonyl (C=O) groups excluding carboxylic acids is 1. The largest absolute Gasteiger partial charge is 0.443 e. The third-order valence-corrected chi connectivity index (χ3v) is 6.17. The van der Waals surface area contributed by atoms with Gasteiger partial charge in [0.25, 0.3) is 0 Å². The zero-order valence-electron chi connectivity index (χ0n) is 14.0. The Kier molecular flexibility index (Phi) is 5.49. The van der Waals surface area contributed by atoms with E-state index in [4.69, 9.17) is 4.74 Å². The number of quaternary nitrogens is 1. The Morgan fingerprint density at radius 3 is 3.04 bits per heavy atom. The van der Waals surface area contributed by atoms with Gasteiger partial charge >= 0.3 is 6.09 Å². The summed E-state index contributed by atoms with van der Waals surface area (Å²) >= 11 is 1.66. The fourth-order valence-electron chi connectivity index (χ4n) is 4.12. The van der Waals surface area contributed by atoms with E-state index in [-0.39, 0.29) is 6.09 Å². The zero-order valence-corrected chi connectivity index (χ0v) is 14.8. The highest BCUT2D eigenvalue weighted by molar-refractivity contribution is 7.98. The van der Waals surface area contributed by atoms with Gasteiger partial charge in [0.2, 0.25) is 0 Å². The van der Waals surface area contributed by atoms with Crippen molar-refractivity contribution in [3.63, 3.8) is 0 Å². The Morgan fingerprint density at radius 2 is 2.35 bits per heavy atom. The summed E-state index contributed by atoms with van der Waals surface area (Å²) in [5, 5.41) is 2.84. The second kappa shape index (κ2) is 7.58. The van der Waals surface area contributed by atoms with Crippen molar-refractivity contribution < 1.29 is 14.4 Å². The first-order valence-electron chi connectivity index (χ1n) is 8.62. The number of ether oxygens (including phenoxy) is 1. The number of amides is 1. The molecule has 126 valence electrons. The standard InChI is InChI=1S/C18H26N2O2S/c1-3-13-11-20-8-7-14(13)9-16(20)12-22-18(21)19-15-5-4-6-17(10-15)23-2/h4-6,10,13-14,16H,3,7-9,11-12H2,1-2H3,(H,19,21)/p+1/t13-,14-,16+/m0/s1. The number of hydrogen-bond donors (Lipinski definition) is 2. The van der Waals surface area contributed by atoms with Gasteiger partial charge in [-0.05, 0) is 36.8 Å². The number of rotatable bonds is 5. The molecule has 0 saturated carbocycles. The molecule has 3 aliphatic rings. The summed E-state index contributed by atoms with van der Waals surface area (Å²) in [5.74, 6) is 1.71. The first kappa shape index (κ1) is 16.7.